The maximum absolute atomic E-state index is 5.14. The molecule has 2 rings (SSSR count). The van der Waals surface area contributed by atoms with Gasteiger partial charge in [-0.2, -0.15) is 0 Å². The first-order valence-corrected chi connectivity index (χ1v) is 3.78. The summed E-state index contributed by atoms with van der Waals surface area (Å²) in [6.45, 7) is 1.15. The molecule has 0 bridgehead atoms. The van der Waals surface area contributed by atoms with E-state index in [2.05, 4.69) is 11.0 Å². The Morgan fingerprint density at radius 3 is 3.11 bits per heavy atom. The van der Waals surface area contributed by atoms with Crippen LogP contribution in [0.4, 0.5) is 0 Å². The normalized spacial score (nSPS) is 24.7. The zero-order valence-electron chi connectivity index (χ0n) is 5.26. The highest BCUT2D eigenvalue weighted by atomic mass is 32.1. The number of rotatable bonds is 0. The van der Waals surface area contributed by atoms with Crippen molar-refractivity contribution in [2.75, 3.05) is 6.54 Å². The van der Waals surface area contributed by atoms with Crippen molar-refractivity contribution in [1.82, 2.24) is 4.90 Å². The zero-order valence-corrected chi connectivity index (χ0v) is 6.08. The topological polar surface area (TPSA) is 3.24 Å². The van der Waals surface area contributed by atoms with Gasteiger partial charge in [0.1, 0.15) is 0 Å². The highest BCUT2D eigenvalue weighted by molar-refractivity contribution is 7.80. The first kappa shape index (κ1) is 5.42. The van der Waals surface area contributed by atoms with Crippen LogP contribution in [0.15, 0.2) is 11.8 Å². The standard InChI is InChI=1S/C7H9NS/c9-7-4-3-6-2-1-5-8(6)7/h2H,1,3-5H2. The van der Waals surface area contributed by atoms with Gasteiger partial charge in [-0.3, -0.25) is 0 Å². The molecule has 0 saturated carbocycles. The average molecular weight is 139 g/mol. The lowest BCUT2D eigenvalue weighted by molar-refractivity contribution is 0.586. The molecule has 1 nitrogen and oxygen atoms in total. The summed E-state index contributed by atoms with van der Waals surface area (Å²) in [6.07, 6.45) is 5.81. The van der Waals surface area contributed by atoms with E-state index in [1.54, 1.807) is 0 Å². The lowest BCUT2D eigenvalue weighted by Gasteiger charge is -2.11. The minimum absolute atomic E-state index is 1.11. The molecule has 0 radical (unpaired) electrons. The van der Waals surface area contributed by atoms with Crippen molar-refractivity contribution < 1.29 is 0 Å². The molecular formula is C7H9NS. The Bertz CT molecular complexity index is 183. The van der Waals surface area contributed by atoms with Gasteiger partial charge in [0.2, 0.25) is 0 Å². The van der Waals surface area contributed by atoms with E-state index in [-0.39, 0.29) is 0 Å². The molecule has 0 N–H and O–H groups in total. The third kappa shape index (κ3) is 0.697. The lowest BCUT2D eigenvalue weighted by Crippen LogP contribution is -2.18. The first-order valence-electron chi connectivity index (χ1n) is 3.37. The fraction of sp³-hybridized carbons (Fsp3) is 0.571. The van der Waals surface area contributed by atoms with Gasteiger partial charge in [0.05, 0.1) is 4.99 Å². The largest absolute Gasteiger partial charge is 0.340 e. The average Bonchev–Trinajstić information content (AvgIpc) is 2.35. The van der Waals surface area contributed by atoms with Gasteiger partial charge in [-0.05, 0) is 12.8 Å². The first-order chi connectivity index (χ1) is 4.38. The highest BCUT2D eigenvalue weighted by Gasteiger charge is 2.24. The summed E-state index contributed by atoms with van der Waals surface area (Å²) in [5, 5.41) is 0. The van der Waals surface area contributed by atoms with Gasteiger partial charge in [-0.1, -0.05) is 18.3 Å². The highest BCUT2D eigenvalue weighted by Crippen LogP contribution is 2.28. The summed E-state index contributed by atoms with van der Waals surface area (Å²) < 4.78 is 0. The Kier molecular flexibility index (Phi) is 1.09. The van der Waals surface area contributed by atoms with Crippen molar-refractivity contribution in [3.63, 3.8) is 0 Å². The molecule has 2 aliphatic heterocycles. The van der Waals surface area contributed by atoms with Crippen molar-refractivity contribution in [3.8, 4) is 0 Å². The fourth-order valence-corrected chi connectivity index (χ4v) is 1.82. The number of nitrogens with zero attached hydrogens (tertiary/aromatic N) is 1. The number of thiocarbonyl (C=S) groups is 1. The van der Waals surface area contributed by atoms with Crippen molar-refractivity contribution in [1.29, 1.82) is 0 Å². The molecule has 0 aromatic rings. The molecule has 0 unspecified atom stereocenters. The van der Waals surface area contributed by atoms with Gasteiger partial charge in [0, 0.05) is 18.7 Å². The van der Waals surface area contributed by atoms with Crippen molar-refractivity contribution in [2.24, 2.45) is 0 Å². The van der Waals surface area contributed by atoms with E-state index in [4.69, 9.17) is 12.2 Å². The lowest BCUT2D eigenvalue weighted by atomic mass is 10.3. The van der Waals surface area contributed by atoms with E-state index in [9.17, 15) is 0 Å². The van der Waals surface area contributed by atoms with Crippen LogP contribution in [0, 0.1) is 0 Å². The Labute approximate surface area is 60.3 Å². The summed E-state index contributed by atoms with van der Waals surface area (Å²) in [4.78, 5) is 3.42. The van der Waals surface area contributed by atoms with Crippen LogP contribution in [0.25, 0.3) is 0 Å². The van der Waals surface area contributed by atoms with Crippen LogP contribution in [-0.2, 0) is 0 Å². The second-order valence-electron chi connectivity index (χ2n) is 2.53. The van der Waals surface area contributed by atoms with Crippen LogP contribution in [0.1, 0.15) is 19.3 Å². The molecule has 2 heterocycles. The van der Waals surface area contributed by atoms with E-state index in [0.29, 0.717) is 0 Å². The quantitative estimate of drug-likeness (QED) is 0.470. The summed E-state index contributed by atoms with van der Waals surface area (Å²) in [6, 6.07) is 0. The van der Waals surface area contributed by atoms with Crippen LogP contribution in [-0.4, -0.2) is 16.4 Å². The number of hydrogen-bond acceptors (Lipinski definition) is 1. The van der Waals surface area contributed by atoms with Crippen molar-refractivity contribution in [2.45, 2.75) is 19.3 Å². The summed E-state index contributed by atoms with van der Waals surface area (Å²) >= 11 is 5.14. The second-order valence-corrected chi connectivity index (χ2v) is 3.00. The van der Waals surface area contributed by atoms with Gasteiger partial charge in [0.15, 0.2) is 0 Å². The van der Waals surface area contributed by atoms with Crippen molar-refractivity contribution in [3.05, 3.63) is 11.8 Å². The van der Waals surface area contributed by atoms with Crippen LogP contribution in [0.2, 0.25) is 0 Å². The van der Waals surface area contributed by atoms with Crippen LogP contribution < -0.4 is 0 Å². The van der Waals surface area contributed by atoms with E-state index >= 15 is 0 Å². The number of fused-ring (bicyclic) bond motifs is 1. The van der Waals surface area contributed by atoms with E-state index in [0.717, 1.165) is 18.0 Å². The third-order valence-corrected chi connectivity index (χ3v) is 2.40. The monoisotopic (exact) mass is 139 g/mol. The maximum Gasteiger partial charge on any atom is 0.0825 e. The molecule has 0 spiro atoms. The SMILES string of the molecule is S=C1CCC2=CCCN12. The van der Waals surface area contributed by atoms with E-state index < -0.39 is 0 Å². The molecule has 0 amide bonds. The Hall–Kier alpha value is -0.370. The molecule has 1 fully saturated rings. The molecule has 2 aliphatic rings. The summed E-state index contributed by atoms with van der Waals surface area (Å²) in [7, 11) is 0. The second kappa shape index (κ2) is 1.81. The molecule has 9 heavy (non-hydrogen) atoms. The molecule has 1 saturated heterocycles. The molecule has 48 valence electrons. The predicted molar refractivity (Wildman–Crippen MR) is 41.2 cm³/mol. The van der Waals surface area contributed by atoms with Gasteiger partial charge < -0.3 is 4.90 Å². The van der Waals surface area contributed by atoms with Crippen LogP contribution >= 0.6 is 12.2 Å². The maximum atomic E-state index is 5.14. The molecule has 0 aliphatic carbocycles. The Morgan fingerprint density at radius 2 is 2.33 bits per heavy atom. The fourth-order valence-electron chi connectivity index (χ4n) is 1.51. The Morgan fingerprint density at radius 1 is 1.44 bits per heavy atom. The van der Waals surface area contributed by atoms with Gasteiger partial charge >= 0.3 is 0 Å². The van der Waals surface area contributed by atoms with Gasteiger partial charge in [-0.25, -0.2) is 0 Å². The molecule has 0 aromatic heterocycles. The number of allylic oxidation sites excluding steroid dienone is 1. The van der Waals surface area contributed by atoms with Crippen LogP contribution in [0.5, 0.6) is 0 Å². The molecule has 0 atom stereocenters. The minimum atomic E-state index is 1.11. The summed E-state index contributed by atoms with van der Waals surface area (Å²) in [5.74, 6) is 0. The van der Waals surface area contributed by atoms with E-state index in [1.165, 1.54) is 18.5 Å². The zero-order chi connectivity index (χ0) is 6.27. The van der Waals surface area contributed by atoms with Crippen molar-refractivity contribution >= 4 is 17.2 Å². The molecule has 0 aromatic carbocycles. The molecular weight excluding hydrogens is 130 g/mol. The summed E-state index contributed by atoms with van der Waals surface area (Å²) in [5.41, 5.74) is 1.47. The predicted octanol–water partition coefficient (Wildman–Crippen LogP) is 1.70. The van der Waals surface area contributed by atoms with Gasteiger partial charge in [-0.15, -0.1) is 0 Å². The smallest absolute Gasteiger partial charge is 0.0825 e. The van der Waals surface area contributed by atoms with Crippen LogP contribution in [0.3, 0.4) is 0 Å². The number of hydrogen-bond donors (Lipinski definition) is 0. The Balaban J connectivity index is 2.29. The van der Waals surface area contributed by atoms with Gasteiger partial charge in [0.25, 0.3) is 0 Å². The molecule has 2 heteroatoms. The third-order valence-electron chi connectivity index (χ3n) is 1.98. The minimum Gasteiger partial charge on any atom is -0.340 e. The van der Waals surface area contributed by atoms with E-state index in [1.807, 2.05) is 0 Å².